The Kier molecular flexibility index (Phi) is 3.33. The molecule has 2 atom stereocenters. The minimum atomic E-state index is -0.796. The largest absolute Gasteiger partial charge is 0.294 e. The molecule has 3 heterocycles. The van der Waals surface area contributed by atoms with Crippen LogP contribution in [-0.4, -0.2) is 25.5 Å². The maximum absolute atomic E-state index is 14.3. The molecule has 0 N–H and O–H groups in total. The molecule has 1 aromatic heterocycles. The Morgan fingerprint density at radius 1 is 1.23 bits per heavy atom. The summed E-state index contributed by atoms with van der Waals surface area (Å²) in [4.78, 5) is 16.8. The molecule has 0 saturated carbocycles. The Balaban J connectivity index is 1.68. The van der Waals surface area contributed by atoms with Crippen molar-refractivity contribution in [1.82, 2.24) is 4.98 Å². The fraction of sp³-hybridized carbons (Fsp3) is 0.412. The summed E-state index contributed by atoms with van der Waals surface area (Å²) in [5.41, 5.74) is 0.707. The number of benzene rings is 1. The van der Waals surface area contributed by atoms with Crippen molar-refractivity contribution >= 4 is 27.5 Å². The van der Waals surface area contributed by atoms with Crippen molar-refractivity contribution in [2.24, 2.45) is 5.92 Å². The number of halogens is 1. The number of hydrogen-bond donors (Lipinski definition) is 0. The molecule has 114 valence electrons. The second kappa shape index (κ2) is 5.23. The number of aromatic nitrogens is 1. The predicted octanol–water partition coefficient (Wildman–Crippen LogP) is 3.25. The second-order valence-electron chi connectivity index (χ2n) is 6.21. The Bertz CT molecular complexity index is 775. The van der Waals surface area contributed by atoms with Crippen molar-refractivity contribution in [3.63, 3.8) is 0 Å². The fourth-order valence-corrected chi connectivity index (χ4v) is 5.88. The van der Waals surface area contributed by atoms with Crippen molar-refractivity contribution in [3.8, 4) is 0 Å². The highest BCUT2D eigenvalue weighted by atomic mass is 32.2. The Morgan fingerprint density at radius 3 is 2.68 bits per heavy atom. The lowest BCUT2D eigenvalue weighted by Gasteiger charge is -2.26. The summed E-state index contributed by atoms with van der Waals surface area (Å²) in [7, 11) is -0.796. The average molecular weight is 317 g/mol. The van der Waals surface area contributed by atoms with E-state index in [0.717, 1.165) is 18.2 Å². The fourth-order valence-electron chi connectivity index (χ4n) is 3.75. The molecular formula is C17H16FNO2S. The first-order valence-corrected chi connectivity index (χ1v) is 8.89. The van der Waals surface area contributed by atoms with Gasteiger partial charge in [-0.2, -0.15) is 0 Å². The third-order valence-corrected chi connectivity index (χ3v) is 7.06. The van der Waals surface area contributed by atoms with E-state index in [0.29, 0.717) is 18.4 Å². The first kappa shape index (κ1) is 14.0. The van der Waals surface area contributed by atoms with E-state index >= 15 is 0 Å². The maximum atomic E-state index is 14.3. The van der Waals surface area contributed by atoms with E-state index in [2.05, 4.69) is 4.98 Å². The number of pyridine rings is 1. The lowest BCUT2D eigenvalue weighted by molar-refractivity contribution is 0.0902. The molecule has 1 aromatic carbocycles. The summed E-state index contributed by atoms with van der Waals surface area (Å²) in [6.45, 7) is 0. The molecule has 3 nitrogen and oxygen atoms in total. The van der Waals surface area contributed by atoms with E-state index in [1.54, 1.807) is 18.3 Å². The van der Waals surface area contributed by atoms with Gasteiger partial charge in [0, 0.05) is 44.9 Å². The molecule has 2 bridgehead atoms. The molecule has 2 aliphatic heterocycles. The summed E-state index contributed by atoms with van der Waals surface area (Å²) in [6.07, 6.45) is 4.74. The molecule has 22 heavy (non-hydrogen) atoms. The molecule has 0 amide bonds. The first-order chi connectivity index (χ1) is 10.6. The zero-order chi connectivity index (χ0) is 15.3. The van der Waals surface area contributed by atoms with Gasteiger partial charge in [0.15, 0.2) is 5.78 Å². The highest BCUT2D eigenvalue weighted by Gasteiger charge is 2.43. The zero-order valence-electron chi connectivity index (χ0n) is 12.0. The highest BCUT2D eigenvalue weighted by molar-refractivity contribution is 7.86. The average Bonchev–Trinajstić information content (AvgIpc) is 2.75. The Morgan fingerprint density at radius 2 is 1.95 bits per heavy atom. The predicted molar refractivity (Wildman–Crippen MR) is 83.7 cm³/mol. The lowest BCUT2D eigenvalue weighted by atomic mass is 9.89. The van der Waals surface area contributed by atoms with E-state index in [1.807, 2.05) is 6.07 Å². The van der Waals surface area contributed by atoms with Gasteiger partial charge in [0.25, 0.3) is 0 Å². The summed E-state index contributed by atoms with van der Waals surface area (Å²) in [5, 5.41) is 1.02. The number of nitrogens with zero attached hydrogens (tertiary/aromatic N) is 1. The molecule has 0 radical (unpaired) electrons. The summed E-state index contributed by atoms with van der Waals surface area (Å²) in [5.74, 6) is -0.842. The third kappa shape index (κ3) is 2.19. The van der Waals surface area contributed by atoms with Crippen LogP contribution in [0.3, 0.4) is 0 Å². The van der Waals surface area contributed by atoms with Crippen molar-refractivity contribution in [3.05, 3.63) is 41.8 Å². The van der Waals surface area contributed by atoms with Crippen LogP contribution in [0, 0.1) is 11.7 Å². The van der Waals surface area contributed by atoms with E-state index in [1.165, 1.54) is 6.07 Å². The lowest BCUT2D eigenvalue weighted by Crippen LogP contribution is -2.32. The molecule has 0 aliphatic carbocycles. The normalized spacial score (nSPS) is 30.6. The molecular weight excluding hydrogens is 301 g/mol. The van der Waals surface area contributed by atoms with Crippen LogP contribution in [0.4, 0.5) is 4.39 Å². The summed E-state index contributed by atoms with van der Waals surface area (Å²) < 4.78 is 26.3. The van der Waals surface area contributed by atoms with Gasteiger partial charge in [-0.3, -0.25) is 14.0 Å². The standard InChI is InChI=1S/C17H16FNO2S/c18-15-9-16-10(2-1-5-19-16)8-14(15)17(20)11-6-12-3-4-13(7-11)22(12)21/h1-2,5,8-9,11-13H,3-4,6-7H2. The van der Waals surface area contributed by atoms with Crippen LogP contribution in [0.1, 0.15) is 36.0 Å². The number of ketones is 1. The number of fused-ring (bicyclic) bond motifs is 3. The smallest absolute Gasteiger partial charge is 0.168 e. The van der Waals surface area contributed by atoms with Crippen LogP contribution >= 0.6 is 0 Å². The highest BCUT2D eigenvalue weighted by Crippen LogP contribution is 2.40. The van der Waals surface area contributed by atoms with Crippen molar-refractivity contribution < 1.29 is 13.4 Å². The monoisotopic (exact) mass is 317 g/mol. The molecule has 4 rings (SSSR count). The minimum absolute atomic E-state index is 0.123. The van der Waals surface area contributed by atoms with Crippen molar-refractivity contribution in [2.75, 3.05) is 0 Å². The number of carbonyl (C=O) groups excluding carboxylic acids is 1. The van der Waals surface area contributed by atoms with E-state index in [4.69, 9.17) is 0 Å². The van der Waals surface area contributed by atoms with Gasteiger partial charge in [-0.05, 0) is 37.8 Å². The van der Waals surface area contributed by atoms with Gasteiger partial charge in [0.05, 0.1) is 11.1 Å². The minimum Gasteiger partial charge on any atom is -0.294 e. The van der Waals surface area contributed by atoms with E-state index < -0.39 is 16.6 Å². The number of rotatable bonds is 2. The van der Waals surface area contributed by atoms with Crippen LogP contribution in [0.2, 0.25) is 0 Å². The molecule has 2 aromatic rings. The van der Waals surface area contributed by atoms with Gasteiger partial charge >= 0.3 is 0 Å². The molecule has 2 fully saturated rings. The van der Waals surface area contributed by atoms with Crippen LogP contribution in [0.5, 0.6) is 0 Å². The van der Waals surface area contributed by atoms with E-state index in [9.17, 15) is 13.4 Å². The van der Waals surface area contributed by atoms with Crippen LogP contribution in [-0.2, 0) is 10.8 Å². The summed E-state index contributed by atoms with van der Waals surface area (Å²) >= 11 is 0. The van der Waals surface area contributed by atoms with Crippen molar-refractivity contribution in [2.45, 2.75) is 36.2 Å². The maximum Gasteiger partial charge on any atom is 0.168 e. The molecule has 0 spiro atoms. The summed E-state index contributed by atoms with van der Waals surface area (Å²) in [6, 6.07) is 6.54. The van der Waals surface area contributed by atoms with Crippen LogP contribution in [0.25, 0.3) is 10.9 Å². The topological polar surface area (TPSA) is 47.0 Å². The number of carbonyl (C=O) groups is 1. The quantitative estimate of drug-likeness (QED) is 0.799. The Hall–Kier alpha value is -1.62. The van der Waals surface area contributed by atoms with Gasteiger partial charge < -0.3 is 0 Å². The van der Waals surface area contributed by atoms with Crippen LogP contribution in [0.15, 0.2) is 30.5 Å². The van der Waals surface area contributed by atoms with Crippen LogP contribution < -0.4 is 0 Å². The number of Topliss-reactive ketones (excluding diaryl/α,β-unsaturated/α-hetero) is 1. The van der Waals surface area contributed by atoms with Gasteiger partial charge in [-0.1, -0.05) is 6.07 Å². The first-order valence-electron chi connectivity index (χ1n) is 7.61. The third-order valence-electron chi connectivity index (χ3n) is 4.89. The zero-order valence-corrected chi connectivity index (χ0v) is 12.8. The molecule has 2 saturated heterocycles. The molecule has 2 unspecified atom stereocenters. The number of hydrogen-bond acceptors (Lipinski definition) is 3. The Labute approximate surface area is 130 Å². The van der Waals surface area contributed by atoms with Crippen molar-refractivity contribution in [1.29, 1.82) is 0 Å². The van der Waals surface area contributed by atoms with E-state index in [-0.39, 0.29) is 27.8 Å². The van der Waals surface area contributed by atoms with Gasteiger partial charge in [0.1, 0.15) is 5.82 Å². The van der Waals surface area contributed by atoms with Gasteiger partial charge in [0.2, 0.25) is 0 Å². The SMILES string of the molecule is O=C(c1cc2cccnc2cc1F)C1CC2CCC(C1)S2=O. The van der Waals surface area contributed by atoms with Gasteiger partial charge in [-0.15, -0.1) is 0 Å². The molecule has 2 aliphatic rings. The van der Waals surface area contributed by atoms with Gasteiger partial charge in [-0.25, -0.2) is 4.39 Å². The molecule has 5 heteroatoms. The second-order valence-corrected chi connectivity index (χ2v) is 8.20.